The van der Waals surface area contributed by atoms with Gasteiger partial charge in [0.1, 0.15) is 12.4 Å². The number of hydrogen-bond donors (Lipinski definition) is 3. The molecule has 0 saturated heterocycles. The molecule has 3 N–H and O–H groups in total. The average molecular weight is 266 g/mol. The summed E-state index contributed by atoms with van der Waals surface area (Å²) in [4.78, 5) is 30.2. The molecule has 1 atom stereocenters. The van der Waals surface area contributed by atoms with E-state index in [0.717, 1.165) is 12.8 Å². The van der Waals surface area contributed by atoms with Gasteiger partial charge in [0.2, 0.25) is 0 Å². The van der Waals surface area contributed by atoms with Crippen LogP contribution in [0.25, 0.3) is 0 Å². The number of aliphatic carboxylic acids is 1. The number of carbonyl (C=O) groups is 2. The van der Waals surface area contributed by atoms with Crippen LogP contribution in [0.2, 0.25) is 0 Å². The number of amides is 2. The summed E-state index contributed by atoms with van der Waals surface area (Å²) in [6.07, 6.45) is 5.02. The van der Waals surface area contributed by atoms with E-state index in [2.05, 4.69) is 20.6 Å². The van der Waals surface area contributed by atoms with E-state index in [4.69, 9.17) is 5.11 Å². The van der Waals surface area contributed by atoms with Gasteiger partial charge >= 0.3 is 12.0 Å². The number of unbranched alkanes of at least 4 members (excludes halogenated alkanes) is 1. The van der Waals surface area contributed by atoms with Crippen LogP contribution >= 0.6 is 0 Å². The van der Waals surface area contributed by atoms with Gasteiger partial charge in [-0.3, -0.25) is 0 Å². The molecule has 0 aliphatic rings. The largest absolute Gasteiger partial charge is 0.480 e. The second kappa shape index (κ2) is 8.02. The SMILES string of the molecule is CCCC[C@H](NC(=O)NCc1ccncn1)C(=O)O. The summed E-state index contributed by atoms with van der Waals surface area (Å²) in [7, 11) is 0. The maximum absolute atomic E-state index is 11.6. The quantitative estimate of drug-likeness (QED) is 0.680. The van der Waals surface area contributed by atoms with E-state index in [1.807, 2.05) is 6.92 Å². The van der Waals surface area contributed by atoms with Crippen LogP contribution in [0.5, 0.6) is 0 Å². The molecule has 0 radical (unpaired) electrons. The fourth-order valence-electron chi connectivity index (χ4n) is 1.47. The minimum Gasteiger partial charge on any atom is -0.480 e. The topological polar surface area (TPSA) is 104 Å². The molecule has 0 saturated carbocycles. The van der Waals surface area contributed by atoms with Crippen molar-refractivity contribution in [1.29, 1.82) is 0 Å². The zero-order chi connectivity index (χ0) is 14.1. The molecule has 0 spiro atoms. The van der Waals surface area contributed by atoms with E-state index >= 15 is 0 Å². The van der Waals surface area contributed by atoms with E-state index in [1.54, 1.807) is 12.3 Å². The highest BCUT2D eigenvalue weighted by molar-refractivity contribution is 5.82. The second-order valence-corrected chi connectivity index (χ2v) is 4.06. The average Bonchev–Trinajstić information content (AvgIpc) is 2.42. The third-order valence-corrected chi connectivity index (χ3v) is 2.52. The summed E-state index contributed by atoms with van der Waals surface area (Å²) in [6.45, 7) is 2.20. The maximum atomic E-state index is 11.6. The lowest BCUT2D eigenvalue weighted by Gasteiger charge is -2.14. The molecular weight excluding hydrogens is 248 g/mol. The lowest BCUT2D eigenvalue weighted by molar-refractivity contribution is -0.139. The van der Waals surface area contributed by atoms with Crippen LogP contribution in [0.4, 0.5) is 4.79 Å². The summed E-state index contributed by atoms with van der Waals surface area (Å²) >= 11 is 0. The van der Waals surface area contributed by atoms with E-state index in [0.29, 0.717) is 12.1 Å². The number of hydrogen-bond acceptors (Lipinski definition) is 4. The van der Waals surface area contributed by atoms with Crippen molar-refractivity contribution in [2.45, 2.75) is 38.8 Å². The van der Waals surface area contributed by atoms with Crippen LogP contribution in [-0.2, 0) is 11.3 Å². The number of urea groups is 1. The first-order chi connectivity index (χ1) is 9.13. The molecular formula is C12H18N4O3. The molecule has 104 valence electrons. The lowest BCUT2D eigenvalue weighted by Crippen LogP contribution is -2.45. The molecule has 7 heteroatoms. The van der Waals surface area contributed by atoms with Crippen molar-refractivity contribution >= 4 is 12.0 Å². The predicted molar refractivity (Wildman–Crippen MR) is 68.4 cm³/mol. The number of carboxylic acids is 1. The first-order valence-electron chi connectivity index (χ1n) is 6.15. The molecule has 7 nitrogen and oxygen atoms in total. The predicted octanol–water partition coefficient (Wildman–Crippen LogP) is 0.919. The Hall–Kier alpha value is -2.18. The van der Waals surface area contributed by atoms with E-state index in [9.17, 15) is 9.59 Å². The zero-order valence-electron chi connectivity index (χ0n) is 10.8. The fourth-order valence-corrected chi connectivity index (χ4v) is 1.47. The molecule has 0 aliphatic heterocycles. The molecule has 1 rings (SSSR count). The van der Waals surface area contributed by atoms with Crippen LogP contribution in [-0.4, -0.2) is 33.1 Å². The van der Waals surface area contributed by atoms with Gasteiger partial charge in [-0.15, -0.1) is 0 Å². The van der Waals surface area contributed by atoms with Crippen LogP contribution in [0.1, 0.15) is 31.9 Å². The van der Waals surface area contributed by atoms with Gasteiger partial charge < -0.3 is 15.7 Å². The Labute approximate surface area is 111 Å². The molecule has 0 aliphatic carbocycles. The zero-order valence-corrected chi connectivity index (χ0v) is 10.8. The normalized spacial score (nSPS) is 11.6. The third-order valence-electron chi connectivity index (χ3n) is 2.52. The van der Waals surface area contributed by atoms with Crippen molar-refractivity contribution in [1.82, 2.24) is 20.6 Å². The Morgan fingerprint density at radius 3 is 2.84 bits per heavy atom. The number of nitrogens with one attached hydrogen (secondary N) is 2. The van der Waals surface area contributed by atoms with Gasteiger partial charge in [0.25, 0.3) is 0 Å². The summed E-state index contributed by atoms with van der Waals surface area (Å²) in [5, 5.41) is 14.0. The van der Waals surface area contributed by atoms with Crippen molar-refractivity contribution < 1.29 is 14.7 Å². The van der Waals surface area contributed by atoms with Gasteiger partial charge in [-0.25, -0.2) is 19.6 Å². The van der Waals surface area contributed by atoms with Crippen LogP contribution in [0.3, 0.4) is 0 Å². The summed E-state index contributed by atoms with van der Waals surface area (Å²) in [5.41, 5.74) is 0.658. The smallest absolute Gasteiger partial charge is 0.326 e. The molecule has 2 amide bonds. The highest BCUT2D eigenvalue weighted by Crippen LogP contribution is 2.00. The Morgan fingerprint density at radius 2 is 2.26 bits per heavy atom. The molecule has 0 aromatic carbocycles. The van der Waals surface area contributed by atoms with Gasteiger partial charge in [0, 0.05) is 6.20 Å². The highest BCUT2D eigenvalue weighted by Gasteiger charge is 2.18. The molecule has 1 aromatic heterocycles. The van der Waals surface area contributed by atoms with Crippen LogP contribution in [0.15, 0.2) is 18.6 Å². The molecule has 19 heavy (non-hydrogen) atoms. The number of aromatic nitrogens is 2. The summed E-state index contributed by atoms with van der Waals surface area (Å²) in [6, 6.07) is 0.305. The van der Waals surface area contributed by atoms with Gasteiger partial charge in [-0.1, -0.05) is 19.8 Å². The van der Waals surface area contributed by atoms with Gasteiger partial charge in [0.05, 0.1) is 12.2 Å². The minimum atomic E-state index is -1.02. The number of nitrogens with zero attached hydrogens (tertiary/aromatic N) is 2. The monoisotopic (exact) mass is 266 g/mol. The van der Waals surface area contributed by atoms with Gasteiger partial charge in [-0.2, -0.15) is 0 Å². The first-order valence-corrected chi connectivity index (χ1v) is 6.15. The van der Waals surface area contributed by atoms with E-state index in [-0.39, 0.29) is 6.54 Å². The Kier molecular flexibility index (Phi) is 6.28. The summed E-state index contributed by atoms with van der Waals surface area (Å²) < 4.78 is 0. The number of carbonyl (C=O) groups excluding carboxylic acids is 1. The second-order valence-electron chi connectivity index (χ2n) is 4.06. The van der Waals surface area contributed by atoms with Gasteiger partial charge in [-0.05, 0) is 12.5 Å². The Balaban J connectivity index is 2.38. The van der Waals surface area contributed by atoms with Crippen molar-refractivity contribution in [3.05, 3.63) is 24.3 Å². The van der Waals surface area contributed by atoms with Crippen molar-refractivity contribution in [2.24, 2.45) is 0 Å². The highest BCUT2D eigenvalue weighted by atomic mass is 16.4. The minimum absolute atomic E-state index is 0.231. The number of carboxylic acid groups (broad SMARTS) is 1. The Morgan fingerprint density at radius 1 is 1.47 bits per heavy atom. The Bertz CT molecular complexity index is 411. The van der Waals surface area contributed by atoms with Gasteiger partial charge in [0.15, 0.2) is 0 Å². The van der Waals surface area contributed by atoms with Crippen molar-refractivity contribution in [3.63, 3.8) is 0 Å². The number of rotatable bonds is 7. The first kappa shape index (κ1) is 14.9. The van der Waals surface area contributed by atoms with Crippen LogP contribution < -0.4 is 10.6 Å². The van der Waals surface area contributed by atoms with Crippen LogP contribution in [0, 0.1) is 0 Å². The molecule has 1 heterocycles. The molecule has 0 bridgehead atoms. The fraction of sp³-hybridized carbons (Fsp3) is 0.500. The summed E-state index contributed by atoms with van der Waals surface area (Å²) in [5.74, 6) is -1.02. The van der Waals surface area contributed by atoms with E-state index < -0.39 is 18.0 Å². The third kappa shape index (κ3) is 5.80. The maximum Gasteiger partial charge on any atom is 0.326 e. The van der Waals surface area contributed by atoms with E-state index in [1.165, 1.54) is 6.33 Å². The standard InChI is InChI=1S/C12H18N4O3/c1-2-3-4-10(11(17)18)16-12(19)14-7-9-5-6-13-8-15-9/h5-6,8,10H,2-4,7H2,1H3,(H,17,18)(H2,14,16,19)/t10-/m0/s1. The lowest BCUT2D eigenvalue weighted by atomic mass is 10.1. The molecule has 0 unspecified atom stereocenters. The molecule has 1 aromatic rings. The van der Waals surface area contributed by atoms with Crippen molar-refractivity contribution in [2.75, 3.05) is 0 Å². The van der Waals surface area contributed by atoms with Crippen molar-refractivity contribution in [3.8, 4) is 0 Å². The molecule has 0 fully saturated rings.